The van der Waals surface area contributed by atoms with Gasteiger partial charge in [0.15, 0.2) is 0 Å². The second-order valence-electron chi connectivity index (χ2n) is 5.26. The predicted molar refractivity (Wildman–Crippen MR) is 83.1 cm³/mol. The van der Waals surface area contributed by atoms with Crippen molar-refractivity contribution in [2.45, 2.75) is 25.2 Å². The Morgan fingerprint density at radius 2 is 1.83 bits per heavy atom. The molecule has 0 radical (unpaired) electrons. The molecule has 0 amide bonds. The Balaban J connectivity index is 1.76. The first-order chi connectivity index (χ1) is 10.9. The van der Waals surface area contributed by atoms with Gasteiger partial charge in [-0.05, 0) is 60.4 Å². The summed E-state index contributed by atoms with van der Waals surface area (Å²) in [4.78, 5) is 4.67. The van der Waals surface area contributed by atoms with E-state index in [2.05, 4.69) is 9.73 Å². The van der Waals surface area contributed by atoms with Crippen LogP contribution in [0, 0.1) is 0 Å². The van der Waals surface area contributed by atoms with Gasteiger partial charge in [0.1, 0.15) is 5.75 Å². The smallest absolute Gasteiger partial charge is 0.406 e. The van der Waals surface area contributed by atoms with Gasteiger partial charge >= 0.3 is 6.36 Å². The number of benzene rings is 2. The van der Waals surface area contributed by atoms with Crippen LogP contribution >= 0.6 is 11.6 Å². The van der Waals surface area contributed by atoms with Crippen molar-refractivity contribution in [1.29, 1.82) is 0 Å². The Morgan fingerprint density at radius 3 is 2.48 bits per heavy atom. The molecule has 0 fully saturated rings. The lowest BCUT2D eigenvalue weighted by Gasteiger charge is -2.09. The Hall–Kier alpha value is -2.01. The van der Waals surface area contributed by atoms with Crippen molar-refractivity contribution in [2.75, 3.05) is 0 Å². The summed E-state index contributed by atoms with van der Waals surface area (Å²) in [5, 5.41) is 0.666. The molecule has 1 heterocycles. The maximum atomic E-state index is 12.2. The van der Waals surface area contributed by atoms with E-state index in [1.165, 1.54) is 12.1 Å². The average Bonchev–Trinajstić information content (AvgIpc) is 2.96. The SMILES string of the molecule is FC(F)(F)Oc1ccc(C2=NC(c3cccc(Cl)c3)CC2)cc1. The first-order valence-electron chi connectivity index (χ1n) is 7.09. The molecule has 2 aromatic rings. The summed E-state index contributed by atoms with van der Waals surface area (Å²) in [5.74, 6) is -0.230. The van der Waals surface area contributed by atoms with Crippen LogP contribution in [0.4, 0.5) is 13.2 Å². The van der Waals surface area contributed by atoms with Gasteiger partial charge in [0.25, 0.3) is 0 Å². The zero-order valence-corrected chi connectivity index (χ0v) is 12.7. The van der Waals surface area contributed by atoms with Gasteiger partial charge in [0, 0.05) is 10.7 Å². The molecule has 0 saturated carbocycles. The van der Waals surface area contributed by atoms with E-state index in [1.54, 1.807) is 12.1 Å². The van der Waals surface area contributed by atoms with Crippen molar-refractivity contribution in [3.8, 4) is 5.75 Å². The third kappa shape index (κ3) is 4.05. The molecule has 120 valence electrons. The fourth-order valence-electron chi connectivity index (χ4n) is 2.61. The Morgan fingerprint density at radius 1 is 1.09 bits per heavy atom. The quantitative estimate of drug-likeness (QED) is 0.717. The molecule has 2 aromatic carbocycles. The lowest BCUT2D eigenvalue weighted by Crippen LogP contribution is -2.17. The van der Waals surface area contributed by atoms with E-state index in [9.17, 15) is 13.2 Å². The number of nitrogens with zero attached hydrogens (tertiary/aromatic N) is 1. The molecule has 0 spiro atoms. The van der Waals surface area contributed by atoms with Gasteiger partial charge in [-0.15, -0.1) is 13.2 Å². The molecule has 6 heteroatoms. The summed E-state index contributed by atoms with van der Waals surface area (Å²) >= 11 is 5.99. The van der Waals surface area contributed by atoms with Gasteiger partial charge in [-0.25, -0.2) is 0 Å². The second kappa shape index (κ2) is 6.24. The van der Waals surface area contributed by atoms with Crippen LogP contribution in [0.2, 0.25) is 5.02 Å². The Bertz CT molecular complexity index is 725. The number of hydrogen-bond acceptors (Lipinski definition) is 2. The monoisotopic (exact) mass is 339 g/mol. The third-order valence-corrected chi connectivity index (χ3v) is 3.86. The fraction of sp³-hybridized carbons (Fsp3) is 0.235. The van der Waals surface area contributed by atoms with Crippen LogP contribution in [0.3, 0.4) is 0 Å². The third-order valence-electron chi connectivity index (χ3n) is 3.62. The molecule has 2 nitrogen and oxygen atoms in total. The Kier molecular flexibility index (Phi) is 4.31. The summed E-state index contributed by atoms with van der Waals surface area (Å²) in [5.41, 5.74) is 2.74. The molecule has 0 aliphatic carbocycles. The van der Waals surface area contributed by atoms with Crippen LogP contribution in [0.25, 0.3) is 0 Å². The first kappa shape index (κ1) is 15.9. The van der Waals surface area contributed by atoms with E-state index in [1.807, 2.05) is 24.3 Å². The molecule has 0 bridgehead atoms. The predicted octanol–water partition coefficient (Wildman–Crippen LogP) is 5.56. The van der Waals surface area contributed by atoms with Crippen molar-refractivity contribution in [2.24, 2.45) is 4.99 Å². The Labute approximate surface area is 136 Å². The van der Waals surface area contributed by atoms with Crippen LogP contribution in [-0.4, -0.2) is 12.1 Å². The van der Waals surface area contributed by atoms with E-state index < -0.39 is 6.36 Å². The lowest BCUT2D eigenvalue weighted by molar-refractivity contribution is -0.274. The molecule has 1 unspecified atom stereocenters. The molecule has 3 rings (SSSR count). The maximum absolute atomic E-state index is 12.2. The van der Waals surface area contributed by atoms with Crippen LogP contribution in [0.5, 0.6) is 5.75 Å². The largest absolute Gasteiger partial charge is 0.573 e. The molecule has 1 aliphatic rings. The van der Waals surface area contributed by atoms with E-state index in [0.717, 1.165) is 29.7 Å². The van der Waals surface area contributed by atoms with Gasteiger partial charge in [-0.2, -0.15) is 0 Å². The van der Waals surface area contributed by atoms with Gasteiger partial charge in [-0.1, -0.05) is 23.7 Å². The highest BCUT2D eigenvalue weighted by molar-refractivity contribution is 6.30. The van der Waals surface area contributed by atoms with E-state index >= 15 is 0 Å². The van der Waals surface area contributed by atoms with Gasteiger partial charge < -0.3 is 4.74 Å². The highest BCUT2D eigenvalue weighted by atomic mass is 35.5. The number of ether oxygens (including phenoxy) is 1. The van der Waals surface area contributed by atoms with E-state index in [-0.39, 0.29) is 11.8 Å². The fourth-order valence-corrected chi connectivity index (χ4v) is 2.81. The normalized spacial score (nSPS) is 17.9. The number of rotatable bonds is 3. The van der Waals surface area contributed by atoms with Crippen LogP contribution in [-0.2, 0) is 0 Å². The van der Waals surface area contributed by atoms with E-state index in [0.29, 0.717) is 5.02 Å². The van der Waals surface area contributed by atoms with Crippen LogP contribution in [0.15, 0.2) is 53.5 Å². The lowest BCUT2D eigenvalue weighted by atomic mass is 10.0. The number of halogens is 4. The van der Waals surface area contributed by atoms with E-state index in [4.69, 9.17) is 11.6 Å². The summed E-state index contributed by atoms with van der Waals surface area (Å²) in [6.45, 7) is 0. The highest BCUT2D eigenvalue weighted by Crippen LogP contribution is 2.32. The molecule has 0 N–H and O–H groups in total. The molecule has 23 heavy (non-hydrogen) atoms. The number of hydrogen-bond donors (Lipinski definition) is 0. The number of alkyl halides is 3. The zero-order chi connectivity index (χ0) is 16.4. The summed E-state index contributed by atoms with van der Waals surface area (Å²) in [6, 6.07) is 13.4. The van der Waals surface area contributed by atoms with Gasteiger partial charge in [0.05, 0.1) is 6.04 Å². The molecule has 1 atom stereocenters. The molecule has 0 saturated heterocycles. The average molecular weight is 340 g/mol. The standard InChI is InChI=1S/C17H13ClF3NO/c18-13-3-1-2-12(10-13)16-9-8-15(22-16)11-4-6-14(7-5-11)23-17(19,20)21/h1-7,10,16H,8-9H2. The minimum Gasteiger partial charge on any atom is -0.406 e. The first-order valence-corrected chi connectivity index (χ1v) is 7.47. The summed E-state index contributed by atoms with van der Waals surface area (Å²) in [7, 11) is 0. The van der Waals surface area contributed by atoms with Crippen molar-refractivity contribution in [3.63, 3.8) is 0 Å². The van der Waals surface area contributed by atoms with Gasteiger partial charge in [-0.3, -0.25) is 4.99 Å². The molecular formula is C17H13ClF3NO. The van der Waals surface area contributed by atoms with Crippen molar-refractivity contribution < 1.29 is 17.9 Å². The zero-order valence-electron chi connectivity index (χ0n) is 12.0. The molecule has 0 aromatic heterocycles. The van der Waals surface area contributed by atoms with Crippen LogP contribution in [0.1, 0.15) is 30.0 Å². The minimum atomic E-state index is -4.68. The number of aliphatic imine (C=N–C) groups is 1. The van der Waals surface area contributed by atoms with Crippen LogP contribution < -0.4 is 4.74 Å². The summed E-state index contributed by atoms with van der Waals surface area (Å²) in [6.07, 6.45) is -3.04. The minimum absolute atomic E-state index is 0.0369. The highest BCUT2D eigenvalue weighted by Gasteiger charge is 2.31. The topological polar surface area (TPSA) is 21.6 Å². The van der Waals surface area contributed by atoms with Crippen molar-refractivity contribution in [1.82, 2.24) is 0 Å². The molecular weight excluding hydrogens is 327 g/mol. The van der Waals surface area contributed by atoms with Gasteiger partial charge in [0.2, 0.25) is 0 Å². The van der Waals surface area contributed by atoms with Crippen molar-refractivity contribution in [3.05, 3.63) is 64.7 Å². The summed E-state index contributed by atoms with van der Waals surface area (Å²) < 4.78 is 40.3. The van der Waals surface area contributed by atoms with Crippen molar-refractivity contribution >= 4 is 17.3 Å². The second-order valence-corrected chi connectivity index (χ2v) is 5.69. The maximum Gasteiger partial charge on any atom is 0.573 e. The molecule has 1 aliphatic heterocycles.